The molecule has 0 heterocycles. The van der Waals surface area contributed by atoms with Crippen molar-refractivity contribution in [3.63, 3.8) is 0 Å². The van der Waals surface area contributed by atoms with Crippen LogP contribution < -0.4 is 10.2 Å². The van der Waals surface area contributed by atoms with E-state index in [0.717, 1.165) is 17.4 Å². The van der Waals surface area contributed by atoms with E-state index in [-0.39, 0.29) is 12.1 Å². The zero-order valence-electron chi connectivity index (χ0n) is 11.6. The summed E-state index contributed by atoms with van der Waals surface area (Å²) in [5.41, 5.74) is 1.41. The van der Waals surface area contributed by atoms with Crippen LogP contribution in [0.3, 0.4) is 0 Å². The Labute approximate surface area is 122 Å². The summed E-state index contributed by atoms with van der Waals surface area (Å²) in [7, 11) is -0.0850. The molecule has 0 atom stereocenters. The normalized spacial score (nSPS) is 10.5. The van der Waals surface area contributed by atoms with E-state index in [1.807, 2.05) is 24.3 Å². The Morgan fingerprint density at radius 1 is 1.10 bits per heavy atom. The molecule has 2 N–H and O–H groups in total. The van der Waals surface area contributed by atoms with Crippen molar-refractivity contribution in [1.29, 1.82) is 0 Å². The molecule has 0 saturated heterocycles. The first-order valence-electron chi connectivity index (χ1n) is 6.45. The fourth-order valence-electron chi connectivity index (χ4n) is 1.88. The highest BCUT2D eigenvalue weighted by atomic mass is 19.1. The molecule has 0 bridgehead atoms. The fraction of sp³-hybridized carbons (Fsp3) is 0.200. The van der Waals surface area contributed by atoms with E-state index in [9.17, 15) is 4.39 Å². The summed E-state index contributed by atoms with van der Waals surface area (Å²) in [5.74, 6) is 0.217. The molecule has 0 amide bonds. The van der Waals surface area contributed by atoms with Gasteiger partial charge >= 0.3 is 7.12 Å². The minimum Gasteiger partial charge on any atom is -0.497 e. The highest BCUT2D eigenvalue weighted by Gasteiger charge is 2.13. The van der Waals surface area contributed by atoms with Crippen LogP contribution in [0.2, 0.25) is 0 Å². The number of hydrogen-bond acceptors (Lipinski definition) is 4. The lowest BCUT2D eigenvalue weighted by atomic mass is 9.80. The summed E-state index contributed by atoms with van der Waals surface area (Å²) >= 11 is 0. The number of halogens is 1. The molecule has 110 valence electrons. The maximum absolute atomic E-state index is 13.7. The predicted molar refractivity (Wildman–Crippen MR) is 77.7 cm³/mol. The lowest BCUT2D eigenvalue weighted by Crippen LogP contribution is -2.30. The predicted octanol–water partition coefficient (Wildman–Crippen LogP) is 1.23. The second-order valence-electron chi connectivity index (χ2n) is 4.57. The van der Waals surface area contributed by atoms with Gasteiger partial charge in [0.05, 0.1) is 20.3 Å². The monoisotopic (exact) mass is 290 g/mol. The quantitative estimate of drug-likeness (QED) is 0.786. The van der Waals surface area contributed by atoms with Gasteiger partial charge in [0.2, 0.25) is 0 Å². The third-order valence-corrected chi connectivity index (χ3v) is 3.04. The Balaban J connectivity index is 1.94. The van der Waals surface area contributed by atoms with Crippen molar-refractivity contribution in [1.82, 2.24) is 0 Å². The molecule has 0 aliphatic heterocycles. The third-order valence-electron chi connectivity index (χ3n) is 3.04. The van der Waals surface area contributed by atoms with Crippen LogP contribution in [0, 0.1) is 5.82 Å². The SMILES string of the molecule is COc1cccc(COCc2ccc(B(O)O)cc2F)c1. The first-order valence-corrected chi connectivity index (χ1v) is 6.45. The molecule has 2 aromatic carbocycles. The minimum atomic E-state index is -1.67. The van der Waals surface area contributed by atoms with Crippen LogP contribution in [0.5, 0.6) is 5.75 Å². The first-order chi connectivity index (χ1) is 10.1. The van der Waals surface area contributed by atoms with Crippen LogP contribution in [0.1, 0.15) is 11.1 Å². The van der Waals surface area contributed by atoms with E-state index in [4.69, 9.17) is 19.5 Å². The van der Waals surface area contributed by atoms with Gasteiger partial charge in [-0.15, -0.1) is 0 Å². The van der Waals surface area contributed by atoms with Crippen molar-refractivity contribution < 1.29 is 23.9 Å². The third kappa shape index (κ3) is 4.29. The first kappa shape index (κ1) is 15.5. The highest BCUT2D eigenvalue weighted by Crippen LogP contribution is 2.14. The second-order valence-corrected chi connectivity index (χ2v) is 4.57. The second kappa shape index (κ2) is 7.22. The van der Waals surface area contributed by atoms with Crippen molar-refractivity contribution in [2.75, 3.05) is 7.11 Å². The summed E-state index contributed by atoms with van der Waals surface area (Å²) in [6.45, 7) is 0.436. The topological polar surface area (TPSA) is 58.9 Å². The molecule has 0 radical (unpaired) electrons. The van der Waals surface area contributed by atoms with Gasteiger partial charge in [-0.25, -0.2) is 4.39 Å². The molecule has 6 heteroatoms. The van der Waals surface area contributed by atoms with E-state index >= 15 is 0 Å². The summed E-state index contributed by atoms with van der Waals surface area (Å²) in [4.78, 5) is 0. The fourth-order valence-corrected chi connectivity index (χ4v) is 1.88. The highest BCUT2D eigenvalue weighted by molar-refractivity contribution is 6.58. The maximum atomic E-state index is 13.7. The molecule has 0 unspecified atom stereocenters. The lowest BCUT2D eigenvalue weighted by Gasteiger charge is -2.08. The van der Waals surface area contributed by atoms with Crippen LogP contribution in [0.25, 0.3) is 0 Å². The molecule has 0 aliphatic carbocycles. The number of hydrogen-bond donors (Lipinski definition) is 2. The molecule has 0 spiro atoms. The van der Waals surface area contributed by atoms with Crippen LogP contribution in [-0.2, 0) is 18.0 Å². The van der Waals surface area contributed by atoms with E-state index in [1.54, 1.807) is 7.11 Å². The molecule has 4 nitrogen and oxygen atoms in total. The number of benzene rings is 2. The Hall–Kier alpha value is -1.89. The van der Waals surface area contributed by atoms with Crippen molar-refractivity contribution in [3.8, 4) is 5.75 Å². The van der Waals surface area contributed by atoms with E-state index < -0.39 is 12.9 Å². The van der Waals surface area contributed by atoms with E-state index in [2.05, 4.69) is 0 Å². The van der Waals surface area contributed by atoms with Gasteiger partial charge in [0.15, 0.2) is 0 Å². The van der Waals surface area contributed by atoms with Gasteiger partial charge in [0, 0.05) is 5.56 Å². The van der Waals surface area contributed by atoms with Crippen LogP contribution in [-0.4, -0.2) is 24.3 Å². The molecule has 2 rings (SSSR count). The van der Waals surface area contributed by atoms with Gasteiger partial charge < -0.3 is 19.5 Å². The van der Waals surface area contributed by atoms with Crippen molar-refractivity contribution >= 4 is 12.6 Å². The summed E-state index contributed by atoms with van der Waals surface area (Å²) in [6.07, 6.45) is 0. The number of ether oxygens (including phenoxy) is 2. The molecule has 0 fully saturated rings. The summed E-state index contributed by atoms with van der Waals surface area (Å²) in [6, 6.07) is 11.5. The zero-order valence-corrected chi connectivity index (χ0v) is 11.6. The Kier molecular flexibility index (Phi) is 5.33. The number of methoxy groups -OCH3 is 1. The lowest BCUT2D eigenvalue weighted by molar-refractivity contribution is 0.105. The van der Waals surface area contributed by atoms with Crippen LogP contribution in [0.4, 0.5) is 4.39 Å². The van der Waals surface area contributed by atoms with Gasteiger partial charge in [-0.05, 0) is 29.2 Å². The van der Waals surface area contributed by atoms with Gasteiger partial charge in [-0.1, -0.05) is 24.3 Å². The van der Waals surface area contributed by atoms with Crippen LogP contribution >= 0.6 is 0 Å². The van der Waals surface area contributed by atoms with Crippen molar-refractivity contribution in [2.45, 2.75) is 13.2 Å². The van der Waals surface area contributed by atoms with Crippen molar-refractivity contribution in [2.24, 2.45) is 0 Å². The Bertz CT molecular complexity index is 604. The van der Waals surface area contributed by atoms with E-state index in [0.29, 0.717) is 12.2 Å². The minimum absolute atomic E-state index is 0.102. The van der Waals surface area contributed by atoms with Gasteiger partial charge in [-0.2, -0.15) is 0 Å². The molecule has 21 heavy (non-hydrogen) atoms. The largest absolute Gasteiger partial charge is 0.497 e. The molecular weight excluding hydrogens is 274 g/mol. The molecule has 2 aromatic rings. The number of rotatable bonds is 6. The van der Waals surface area contributed by atoms with Gasteiger partial charge in [0.25, 0.3) is 0 Å². The molecule has 0 aromatic heterocycles. The molecule has 0 saturated carbocycles. The van der Waals surface area contributed by atoms with Crippen LogP contribution in [0.15, 0.2) is 42.5 Å². The van der Waals surface area contributed by atoms with E-state index in [1.165, 1.54) is 12.1 Å². The molecule has 0 aliphatic rings. The maximum Gasteiger partial charge on any atom is 0.488 e. The standard InChI is InChI=1S/C15H16BFO4/c1-20-14-4-2-3-11(7-14)9-21-10-12-5-6-13(16(18)19)8-15(12)17/h2-8,18-19H,9-10H2,1H3. The Morgan fingerprint density at radius 3 is 2.57 bits per heavy atom. The summed E-state index contributed by atoms with van der Waals surface area (Å²) in [5, 5.41) is 17.9. The average molecular weight is 290 g/mol. The molecular formula is C15H16BFO4. The van der Waals surface area contributed by atoms with Gasteiger partial charge in [0.1, 0.15) is 11.6 Å². The van der Waals surface area contributed by atoms with Crippen molar-refractivity contribution in [3.05, 3.63) is 59.4 Å². The smallest absolute Gasteiger partial charge is 0.488 e. The Morgan fingerprint density at radius 2 is 1.90 bits per heavy atom. The summed E-state index contributed by atoms with van der Waals surface area (Å²) < 4.78 is 24.3. The van der Waals surface area contributed by atoms with Gasteiger partial charge in [-0.3, -0.25) is 0 Å². The zero-order chi connectivity index (χ0) is 15.2. The average Bonchev–Trinajstić information content (AvgIpc) is 2.49.